The molecule has 0 bridgehead atoms. The van der Waals surface area contributed by atoms with Crippen LogP contribution in [0.1, 0.15) is 29.0 Å². The Morgan fingerprint density at radius 3 is 2.67 bits per heavy atom. The van der Waals surface area contributed by atoms with Gasteiger partial charge in [0.15, 0.2) is 0 Å². The molecule has 24 heavy (non-hydrogen) atoms. The molecule has 4 rings (SSSR count). The van der Waals surface area contributed by atoms with Crippen molar-refractivity contribution in [2.75, 3.05) is 0 Å². The minimum atomic E-state index is -0.522. The van der Waals surface area contributed by atoms with Gasteiger partial charge in [0, 0.05) is 17.8 Å². The summed E-state index contributed by atoms with van der Waals surface area (Å²) in [5.74, 6) is 0.355. The fraction of sp³-hybridized carbons (Fsp3) is 0.333. The van der Waals surface area contributed by atoms with Gasteiger partial charge in [0.05, 0.1) is 11.3 Å². The summed E-state index contributed by atoms with van der Waals surface area (Å²) in [5.41, 5.74) is 7.37. The molecule has 122 valence electrons. The zero-order valence-corrected chi connectivity index (χ0v) is 13.3. The van der Waals surface area contributed by atoms with Crippen molar-refractivity contribution in [3.8, 4) is 11.3 Å². The van der Waals surface area contributed by atoms with Gasteiger partial charge in [-0.1, -0.05) is 30.3 Å². The third kappa shape index (κ3) is 2.35. The molecule has 1 aliphatic heterocycles. The minimum Gasteiger partial charge on any atom is -0.368 e. The summed E-state index contributed by atoms with van der Waals surface area (Å²) >= 11 is 0. The second-order valence-corrected chi connectivity index (χ2v) is 6.47. The monoisotopic (exact) mass is 322 g/mol. The van der Waals surface area contributed by atoms with Crippen LogP contribution in [-0.2, 0) is 4.79 Å². The Morgan fingerprint density at radius 2 is 1.96 bits per heavy atom. The molecule has 2 aliphatic rings. The van der Waals surface area contributed by atoms with Gasteiger partial charge in [-0.15, -0.1) is 0 Å². The van der Waals surface area contributed by atoms with Crippen molar-refractivity contribution in [2.24, 2.45) is 11.7 Å². The number of nitrogens with zero attached hydrogens (tertiary/aromatic N) is 3. The van der Waals surface area contributed by atoms with Gasteiger partial charge in [0.2, 0.25) is 5.91 Å². The van der Waals surface area contributed by atoms with Crippen LogP contribution in [0, 0.1) is 12.8 Å². The SMILES string of the molecule is Cc1ncc(C(=O)N2[C@H](C(N)=O)C[C@@H]3C[C@@H]32)c(-c2ccccc2)n1. The Kier molecular flexibility index (Phi) is 3.33. The number of hydrogen-bond donors (Lipinski definition) is 1. The highest BCUT2D eigenvalue weighted by molar-refractivity contribution is 6.02. The summed E-state index contributed by atoms with van der Waals surface area (Å²) in [7, 11) is 0. The van der Waals surface area contributed by atoms with Crippen molar-refractivity contribution in [1.82, 2.24) is 14.9 Å². The van der Waals surface area contributed by atoms with Crippen LogP contribution >= 0.6 is 0 Å². The number of primary amides is 1. The van der Waals surface area contributed by atoms with E-state index in [1.807, 2.05) is 30.3 Å². The first kappa shape index (κ1) is 14.8. The second-order valence-electron chi connectivity index (χ2n) is 6.47. The van der Waals surface area contributed by atoms with E-state index in [-0.39, 0.29) is 11.9 Å². The van der Waals surface area contributed by atoms with E-state index in [0.29, 0.717) is 29.4 Å². The van der Waals surface area contributed by atoms with Gasteiger partial charge >= 0.3 is 0 Å². The summed E-state index contributed by atoms with van der Waals surface area (Å²) < 4.78 is 0. The summed E-state index contributed by atoms with van der Waals surface area (Å²) in [6.45, 7) is 1.79. The van der Waals surface area contributed by atoms with Crippen LogP contribution in [0.4, 0.5) is 0 Å². The predicted molar refractivity (Wildman–Crippen MR) is 87.9 cm³/mol. The number of aromatic nitrogens is 2. The third-order valence-corrected chi connectivity index (χ3v) is 4.85. The van der Waals surface area contributed by atoms with Gasteiger partial charge in [-0.25, -0.2) is 9.97 Å². The molecule has 0 radical (unpaired) electrons. The highest BCUT2D eigenvalue weighted by Crippen LogP contribution is 2.48. The van der Waals surface area contributed by atoms with Crippen LogP contribution < -0.4 is 5.73 Å². The number of likely N-dealkylation sites (tertiary alicyclic amines) is 1. The lowest BCUT2D eigenvalue weighted by atomic mass is 10.0. The number of piperidine rings is 1. The zero-order valence-electron chi connectivity index (χ0n) is 13.3. The summed E-state index contributed by atoms with van der Waals surface area (Å²) in [4.78, 5) is 35.2. The first-order valence-corrected chi connectivity index (χ1v) is 8.07. The van der Waals surface area contributed by atoms with Gasteiger partial charge < -0.3 is 10.6 Å². The predicted octanol–water partition coefficient (Wildman–Crippen LogP) is 1.54. The van der Waals surface area contributed by atoms with Gasteiger partial charge in [-0.3, -0.25) is 9.59 Å². The summed E-state index contributed by atoms with van der Waals surface area (Å²) in [5, 5.41) is 0. The molecule has 2 fully saturated rings. The van der Waals surface area contributed by atoms with E-state index in [9.17, 15) is 9.59 Å². The standard InChI is InChI=1S/C18H18N4O2/c1-10-20-9-13(16(21-10)11-5-3-2-4-6-11)18(24)22-14-7-12(14)8-15(22)17(19)23/h2-6,9,12,14-15H,7-8H2,1H3,(H2,19,23)/t12-,14-,15-/m0/s1. The number of carbonyl (C=O) groups excluding carboxylic acids is 2. The Labute approximate surface area is 139 Å². The number of carbonyl (C=O) groups is 2. The number of nitrogens with two attached hydrogens (primary N) is 1. The number of amides is 2. The van der Waals surface area contributed by atoms with Gasteiger partial charge in [0.25, 0.3) is 5.91 Å². The maximum Gasteiger partial charge on any atom is 0.258 e. The van der Waals surface area contributed by atoms with Crippen molar-refractivity contribution >= 4 is 11.8 Å². The average Bonchev–Trinajstić information content (AvgIpc) is 3.25. The highest BCUT2D eigenvalue weighted by Gasteiger charge is 2.56. The fourth-order valence-corrected chi connectivity index (χ4v) is 3.58. The maximum atomic E-state index is 13.1. The molecule has 1 aromatic carbocycles. The first-order valence-electron chi connectivity index (χ1n) is 8.07. The van der Waals surface area contributed by atoms with E-state index in [1.165, 1.54) is 0 Å². The van der Waals surface area contributed by atoms with Crippen LogP contribution in [0.5, 0.6) is 0 Å². The van der Waals surface area contributed by atoms with Gasteiger partial charge in [-0.05, 0) is 25.7 Å². The third-order valence-electron chi connectivity index (χ3n) is 4.85. The molecule has 1 saturated carbocycles. The van der Waals surface area contributed by atoms with E-state index in [4.69, 9.17) is 5.73 Å². The smallest absolute Gasteiger partial charge is 0.258 e. The zero-order chi connectivity index (χ0) is 16.8. The van der Waals surface area contributed by atoms with Crippen LogP contribution in [0.2, 0.25) is 0 Å². The van der Waals surface area contributed by atoms with Gasteiger partial charge in [-0.2, -0.15) is 0 Å². The number of hydrogen-bond acceptors (Lipinski definition) is 4. The average molecular weight is 322 g/mol. The maximum absolute atomic E-state index is 13.1. The minimum absolute atomic E-state index is 0.125. The van der Waals surface area contributed by atoms with Crippen LogP contribution in [0.3, 0.4) is 0 Å². The Balaban J connectivity index is 1.76. The largest absolute Gasteiger partial charge is 0.368 e. The lowest BCUT2D eigenvalue weighted by Gasteiger charge is -2.26. The molecule has 1 aromatic heterocycles. The molecule has 3 atom stereocenters. The molecule has 2 heterocycles. The molecule has 1 aliphatic carbocycles. The van der Waals surface area contributed by atoms with Crippen LogP contribution in [0.25, 0.3) is 11.3 Å². The molecule has 6 nitrogen and oxygen atoms in total. The van der Waals surface area contributed by atoms with Crippen molar-refractivity contribution in [2.45, 2.75) is 31.8 Å². The van der Waals surface area contributed by atoms with E-state index in [0.717, 1.165) is 12.0 Å². The van der Waals surface area contributed by atoms with Crippen molar-refractivity contribution in [3.05, 3.63) is 47.9 Å². The van der Waals surface area contributed by atoms with E-state index in [2.05, 4.69) is 9.97 Å². The number of benzene rings is 1. The Morgan fingerprint density at radius 1 is 1.21 bits per heavy atom. The molecule has 0 spiro atoms. The second kappa shape index (κ2) is 5.40. The van der Waals surface area contributed by atoms with Crippen molar-refractivity contribution in [1.29, 1.82) is 0 Å². The lowest BCUT2D eigenvalue weighted by Crippen LogP contribution is -2.46. The molecular formula is C18H18N4O2. The fourth-order valence-electron chi connectivity index (χ4n) is 3.58. The first-order chi connectivity index (χ1) is 11.6. The summed E-state index contributed by atoms with van der Waals surface area (Å²) in [6.07, 6.45) is 3.17. The number of aryl methyl sites for hydroxylation is 1. The quantitative estimate of drug-likeness (QED) is 0.928. The van der Waals surface area contributed by atoms with E-state index < -0.39 is 11.9 Å². The van der Waals surface area contributed by atoms with Crippen LogP contribution in [0.15, 0.2) is 36.5 Å². The highest BCUT2D eigenvalue weighted by atomic mass is 16.2. The molecule has 2 N–H and O–H groups in total. The summed E-state index contributed by atoms with van der Waals surface area (Å²) in [6, 6.07) is 9.14. The number of fused-ring (bicyclic) bond motifs is 1. The number of rotatable bonds is 3. The van der Waals surface area contributed by atoms with E-state index in [1.54, 1.807) is 18.0 Å². The molecule has 2 amide bonds. The molecule has 2 aromatic rings. The van der Waals surface area contributed by atoms with Crippen molar-refractivity contribution < 1.29 is 9.59 Å². The normalized spacial score (nSPS) is 24.5. The molecular weight excluding hydrogens is 304 g/mol. The Hall–Kier alpha value is -2.76. The molecule has 0 unspecified atom stereocenters. The molecule has 6 heteroatoms. The van der Waals surface area contributed by atoms with Crippen molar-refractivity contribution in [3.63, 3.8) is 0 Å². The Bertz CT molecular complexity index is 821. The van der Waals surface area contributed by atoms with E-state index >= 15 is 0 Å². The van der Waals surface area contributed by atoms with Gasteiger partial charge in [0.1, 0.15) is 11.9 Å². The lowest BCUT2D eigenvalue weighted by molar-refractivity contribution is -0.122. The topological polar surface area (TPSA) is 89.2 Å². The molecule has 1 saturated heterocycles. The van der Waals surface area contributed by atoms with Crippen LogP contribution in [-0.4, -0.2) is 38.8 Å².